The van der Waals surface area contributed by atoms with Crippen molar-refractivity contribution in [1.82, 2.24) is 5.32 Å². The van der Waals surface area contributed by atoms with E-state index in [2.05, 4.69) is 5.32 Å². The van der Waals surface area contributed by atoms with Crippen molar-refractivity contribution in [3.63, 3.8) is 0 Å². The molecule has 0 radical (unpaired) electrons. The van der Waals surface area contributed by atoms with Gasteiger partial charge in [-0.15, -0.1) is 0 Å². The third kappa shape index (κ3) is 3.36. The van der Waals surface area contributed by atoms with Gasteiger partial charge in [0, 0.05) is 18.7 Å². The first-order chi connectivity index (χ1) is 7.15. The predicted molar refractivity (Wildman–Crippen MR) is 59.8 cm³/mol. The van der Waals surface area contributed by atoms with E-state index in [-0.39, 0.29) is 18.4 Å². The van der Waals surface area contributed by atoms with Gasteiger partial charge in [0.05, 0.1) is 0 Å². The summed E-state index contributed by atoms with van der Waals surface area (Å²) >= 11 is 0. The molecule has 3 nitrogen and oxygen atoms in total. The first kappa shape index (κ1) is 11.7. The summed E-state index contributed by atoms with van der Waals surface area (Å²) in [5.41, 5.74) is 1.66. The zero-order valence-corrected chi connectivity index (χ0v) is 9.16. The highest BCUT2D eigenvalue weighted by atomic mass is 16.3. The fourth-order valence-corrected chi connectivity index (χ4v) is 1.25. The van der Waals surface area contributed by atoms with Gasteiger partial charge in [0.1, 0.15) is 0 Å². The first-order valence-electron chi connectivity index (χ1n) is 5.10. The van der Waals surface area contributed by atoms with E-state index in [4.69, 9.17) is 5.11 Å². The van der Waals surface area contributed by atoms with Crippen LogP contribution in [0.15, 0.2) is 24.3 Å². The predicted octanol–water partition coefficient (Wildman–Crippen LogP) is 1.35. The second kappa shape index (κ2) is 5.51. The van der Waals surface area contributed by atoms with Gasteiger partial charge in [-0.25, -0.2) is 0 Å². The minimum atomic E-state index is -0.0756. The molecule has 0 aromatic heterocycles. The maximum Gasteiger partial charge on any atom is 0.251 e. The average molecular weight is 207 g/mol. The molecule has 1 unspecified atom stereocenters. The molecule has 0 heterocycles. The normalized spacial score (nSPS) is 12.2. The number of rotatable bonds is 4. The Hall–Kier alpha value is -1.35. The Morgan fingerprint density at radius 3 is 2.73 bits per heavy atom. The minimum Gasteiger partial charge on any atom is -0.396 e. The van der Waals surface area contributed by atoms with Gasteiger partial charge < -0.3 is 10.4 Å². The van der Waals surface area contributed by atoms with Gasteiger partial charge in [0.2, 0.25) is 0 Å². The molecule has 0 spiro atoms. The molecule has 2 N–H and O–H groups in total. The van der Waals surface area contributed by atoms with Crippen molar-refractivity contribution < 1.29 is 9.90 Å². The van der Waals surface area contributed by atoms with E-state index in [1.165, 1.54) is 0 Å². The second-order valence-corrected chi connectivity index (χ2v) is 3.81. The monoisotopic (exact) mass is 207 g/mol. The summed E-state index contributed by atoms with van der Waals surface area (Å²) in [7, 11) is 0. The van der Waals surface area contributed by atoms with Crippen molar-refractivity contribution in [2.45, 2.75) is 13.8 Å². The number of carbonyl (C=O) groups is 1. The highest BCUT2D eigenvalue weighted by Gasteiger charge is 2.08. The zero-order chi connectivity index (χ0) is 11.3. The fraction of sp³-hybridized carbons (Fsp3) is 0.417. The number of carbonyl (C=O) groups excluding carboxylic acids is 1. The van der Waals surface area contributed by atoms with Crippen LogP contribution in [-0.2, 0) is 0 Å². The van der Waals surface area contributed by atoms with E-state index in [9.17, 15) is 4.79 Å². The summed E-state index contributed by atoms with van der Waals surface area (Å²) in [4.78, 5) is 11.7. The van der Waals surface area contributed by atoms with Gasteiger partial charge in [-0.3, -0.25) is 4.79 Å². The summed E-state index contributed by atoms with van der Waals surface area (Å²) in [5.74, 6) is 0.0198. The maximum absolute atomic E-state index is 11.7. The molecule has 82 valence electrons. The Balaban J connectivity index is 2.58. The lowest BCUT2D eigenvalue weighted by molar-refractivity contribution is 0.0941. The van der Waals surface area contributed by atoms with Gasteiger partial charge in [-0.1, -0.05) is 25.1 Å². The number of amides is 1. The second-order valence-electron chi connectivity index (χ2n) is 3.81. The summed E-state index contributed by atoms with van der Waals surface area (Å²) in [6.45, 7) is 4.39. The van der Waals surface area contributed by atoms with Crippen molar-refractivity contribution in [3.05, 3.63) is 35.4 Å². The first-order valence-corrected chi connectivity index (χ1v) is 5.10. The lowest BCUT2D eigenvalue weighted by Crippen LogP contribution is -2.29. The SMILES string of the molecule is Cc1ccccc1C(=O)NCC(C)CO. The lowest BCUT2D eigenvalue weighted by atomic mass is 10.1. The molecule has 0 aliphatic heterocycles. The van der Waals surface area contributed by atoms with Crippen molar-refractivity contribution in [1.29, 1.82) is 0 Å². The van der Waals surface area contributed by atoms with Crippen LogP contribution in [0.2, 0.25) is 0 Å². The topological polar surface area (TPSA) is 49.3 Å². The smallest absolute Gasteiger partial charge is 0.251 e. The van der Waals surface area contributed by atoms with Crippen molar-refractivity contribution in [2.24, 2.45) is 5.92 Å². The lowest BCUT2D eigenvalue weighted by Gasteiger charge is -2.10. The number of aryl methyl sites for hydroxylation is 1. The highest BCUT2D eigenvalue weighted by molar-refractivity contribution is 5.95. The Labute approximate surface area is 90.1 Å². The molecule has 1 aromatic rings. The number of hydrogen-bond acceptors (Lipinski definition) is 2. The van der Waals surface area contributed by atoms with Crippen LogP contribution >= 0.6 is 0 Å². The molecule has 1 atom stereocenters. The number of aliphatic hydroxyl groups is 1. The number of aliphatic hydroxyl groups excluding tert-OH is 1. The van der Waals surface area contributed by atoms with E-state index in [1.807, 2.05) is 32.0 Å². The number of nitrogens with one attached hydrogen (secondary N) is 1. The van der Waals surface area contributed by atoms with Gasteiger partial charge in [0.25, 0.3) is 5.91 Å². The summed E-state index contributed by atoms with van der Waals surface area (Å²) in [6, 6.07) is 7.46. The molecule has 15 heavy (non-hydrogen) atoms. The van der Waals surface area contributed by atoms with Crippen molar-refractivity contribution >= 4 is 5.91 Å². The van der Waals surface area contributed by atoms with Crippen LogP contribution < -0.4 is 5.32 Å². The zero-order valence-electron chi connectivity index (χ0n) is 9.16. The molecular formula is C12H17NO2. The minimum absolute atomic E-state index is 0.0756. The van der Waals surface area contributed by atoms with Crippen LogP contribution in [0.5, 0.6) is 0 Å². The van der Waals surface area contributed by atoms with E-state index >= 15 is 0 Å². The third-order valence-corrected chi connectivity index (χ3v) is 2.31. The highest BCUT2D eigenvalue weighted by Crippen LogP contribution is 2.06. The van der Waals surface area contributed by atoms with Crippen LogP contribution in [-0.4, -0.2) is 24.2 Å². The molecule has 1 rings (SSSR count). The molecule has 0 bridgehead atoms. The Bertz CT molecular complexity index is 336. The van der Waals surface area contributed by atoms with E-state index in [0.29, 0.717) is 12.1 Å². The van der Waals surface area contributed by atoms with Crippen LogP contribution in [0.1, 0.15) is 22.8 Å². The number of benzene rings is 1. The van der Waals surface area contributed by atoms with Crippen LogP contribution in [0.4, 0.5) is 0 Å². The van der Waals surface area contributed by atoms with Crippen LogP contribution in [0, 0.1) is 12.8 Å². The third-order valence-electron chi connectivity index (χ3n) is 2.31. The maximum atomic E-state index is 11.7. The van der Waals surface area contributed by atoms with E-state index in [0.717, 1.165) is 5.56 Å². The molecule has 3 heteroatoms. The quantitative estimate of drug-likeness (QED) is 0.783. The molecule has 1 amide bonds. The van der Waals surface area contributed by atoms with Gasteiger partial charge in [0.15, 0.2) is 0 Å². The Morgan fingerprint density at radius 2 is 2.13 bits per heavy atom. The fourth-order valence-electron chi connectivity index (χ4n) is 1.25. The molecule has 0 saturated carbocycles. The van der Waals surface area contributed by atoms with Crippen LogP contribution in [0.25, 0.3) is 0 Å². The Kier molecular flexibility index (Phi) is 4.31. The molecule has 0 fully saturated rings. The summed E-state index contributed by atoms with van der Waals surface area (Å²) < 4.78 is 0. The summed E-state index contributed by atoms with van der Waals surface area (Å²) in [6.07, 6.45) is 0. The molecular weight excluding hydrogens is 190 g/mol. The average Bonchev–Trinajstić information content (AvgIpc) is 2.26. The molecule has 0 saturated heterocycles. The van der Waals surface area contributed by atoms with Crippen molar-refractivity contribution in [2.75, 3.05) is 13.2 Å². The summed E-state index contributed by atoms with van der Waals surface area (Å²) in [5, 5.41) is 11.6. The van der Waals surface area contributed by atoms with Gasteiger partial charge >= 0.3 is 0 Å². The van der Waals surface area contributed by atoms with Crippen LogP contribution in [0.3, 0.4) is 0 Å². The van der Waals surface area contributed by atoms with E-state index < -0.39 is 0 Å². The molecule has 0 aliphatic carbocycles. The Morgan fingerprint density at radius 1 is 1.47 bits per heavy atom. The molecule has 0 aliphatic rings. The van der Waals surface area contributed by atoms with Gasteiger partial charge in [-0.05, 0) is 24.5 Å². The largest absolute Gasteiger partial charge is 0.396 e. The van der Waals surface area contributed by atoms with E-state index in [1.54, 1.807) is 6.07 Å². The van der Waals surface area contributed by atoms with Gasteiger partial charge in [-0.2, -0.15) is 0 Å². The standard InChI is InChI=1S/C12H17NO2/c1-9(8-14)7-13-12(15)11-6-4-3-5-10(11)2/h3-6,9,14H,7-8H2,1-2H3,(H,13,15). The molecule has 1 aromatic carbocycles. The number of hydrogen-bond donors (Lipinski definition) is 2. The van der Waals surface area contributed by atoms with Crippen molar-refractivity contribution in [3.8, 4) is 0 Å².